The molecule has 0 aliphatic carbocycles. The van der Waals surface area contributed by atoms with Crippen LogP contribution in [-0.4, -0.2) is 61.4 Å². The van der Waals surface area contributed by atoms with Gasteiger partial charge in [-0.1, -0.05) is 12.1 Å². The normalized spacial score (nSPS) is 23.9. The van der Waals surface area contributed by atoms with Crippen molar-refractivity contribution >= 4 is 5.82 Å². The van der Waals surface area contributed by atoms with E-state index in [1.54, 1.807) is 22.9 Å². The molecule has 0 amide bonds. The number of halogens is 2. The summed E-state index contributed by atoms with van der Waals surface area (Å²) in [5.74, 6) is -1.97. The maximum atomic E-state index is 14.0. The first kappa shape index (κ1) is 20.7. The van der Waals surface area contributed by atoms with Crippen molar-refractivity contribution in [2.45, 2.75) is 56.7 Å². The van der Waals surface area contributed by atoms with Gasteiger partial charge in [-0.2, -0.15) is 0 Å². The van der Waals surface area contributed by atoms with Gasteiger partial charge in [-0.25, -0.2) is 13.5 Å². The van der Waals surface area contributed by atoms with E-state index in [-0.39, 0.29) is 24.3 Å². The Hall–Kier alpha value is -3.14. The molecule has 2 N–H and O–H groups in total. The molecule has 3 aromatic rings. The fraction of sp³-hybridized carbons (Fsp3) is 0.455. The van der Waals surface area contributed by atoms with Gasteiger partial charge < -0.3 is 15.3 Å². The van der Waals surface area contributed by atoms with E-state index in [0.717, 1.165) is 12.1 Å². The Morgan fingerprint density at radius 3 is 2.69 bits per heavy atom. The van der Waals surface area contributed by atoms with Crippen molar-refractivity contribution in [1.29, 1.82) is 0 Å². The number of benzene rings is 1. The van der Waals surface area contributed by atoms with E-state index in [2.05, 4.69) is 25.8 Å². The van der Waals surface area contributed by atoms with Crippen molar-refractivity contribution in [3.63, 3.8) is 0 Å². The van der Waals surface area contributed by atoms with Crippen molar-refractivity contribution < 1.29 is 13.9 Å². The van der Waals surface area contributed by atoms with Gasteiger partial charge in [0, 0.05) is 37.2 Å². The topological polar surface area (TPSA) is 92.0 Å². The third-order valence-electron chi connectivity index (χ3n) is 6.51. The molecule has 2 fully saturated rings. The molecular formula is C22H25F2N7O. The highest BCUT2D eigenvalue weighted by molar-refractivity contribution is 5.69. The van der Waals surface area contributed by atoms with Gasteiger partial charge >= 0.3 is 0 Å². The van der Waals surface area contributed by atoms with Crippen LogP contribution in [0, 0.1) is 0 Å². The lowest BCUT2D eigenvalue weighted by Gasteiger charge is -2.36. The highest BCUT2D eigenvalue weighted by atomic mass is 19.3. The highest BCUT2D eigenvalue weighted by Gasteiger charge is 2.53. The molecule has 0 radical (unpaired) electrons. The van der Waals surface area contributed by atoms with E-state index >= 15 is 0 Å². The second kappa shape index (κ2) is 7.77. The molecule has 5 rings (SSSR count). The van der Waals surface area contributed by atoms with Gasteiger partial charge in [0.25, 0.3) is 5.92 Å². The monoisotopic (exact) mass is 441 g/mol. The summed E-state index contributed by atoms with van der Waals surface area (Å²) in [6.07, 6.45) is 3.52. The molecule has 2 aliphatic rings. The Kier molecular flexibility index (Phi) is 5.04. The third kappa shape index (κ3) is 3.68. The van der Waals surface area contributed by atoms with E-state index < -0.39 is 12.0 Å². The van der Waals surface area contributed by atoms with E-state index in [9.17, 15) is 13.9 Å². The zero-order valence-corrected chi connectivity index (χ0v) is 17.9. The van der Waals surface area contributed by atoms with Gasteiger partial charge in [-0.3, -0.25) is 0 Å². The zero-order chi connectivity index (χ0) is 22.5. The molecule has 2 saturated heterocycles. The molecule has 1 aromatic carbocycles. The van der Waals surface area contributed by atoms with E-state index in [1.165, 1.54) is 0 Å². The maximum absolute atomic E-state index is 14.0. The number of phenols is 1. The average Bonchev–Trinajstić information content (AvgIpc) is 3.35. The van der Waals surface area contributed by atoms with Crippen LogP contribution in [0.25, 0.3) is 16.9 Å². The minimum absolute atomic E-state index is 0.0249. The lowest BCUT2D eigenvalue weighted by atomic mass is 9.98. The number of hydrogen-bond donors (Lipinski definition) is 2. The fourth-order valence-electron chi connectivity index (χ4n) is 4.65. The largest absolute Gasteiger partial charge is 0.507 e. The van der Waals surface area contributed by atoms with Crippen LogP contribution in [-0.2, 0) is 6.42 Å². The standard InChI is InChI=1S/C22H25F2N7O/c1-3-13-12-31(29-26-13)15-4-5-17(19(32)9-15)18-6-7-21(28-27-18)30(2)16-8-14-11-22(23,24)20(10-16)25-14/h4-7,9,12,14,16,20,25,32H,3,8,10-11H2,1-2H3/t14-,16-,20+/m0/s1. The number of piperidine rings is 1. The van der Waals surface area contributed by atoms with Crippen LogP contribution in [0.1, 0.15) is 31.9 Å². The number of anilines is 1. The Labute approximate surface area is 184 Å². The van der Waals surface area contributed by atoms with Crippen LogP contribution < -0.4 is 10.2 Å². The smallest absolute Gasteiger partial charge is 0.264 e. The first-order chi connectivity index (χ1) is 15.3. The van der Waals surface area contributed by atoms with Crippen LogP contribution in [0.15, 0.2) is 36.5 Å². The second-order valence-corrected chi connectivity index (χ2v) is 8.60. The molecule has 3 atom stereocenters. The summed E-state index contributed by atoms with van der Waals surface area (Å²) in [5, 5.41) is 30.3. The third-order valence-corrected chi connectivity index (χ3v) is 6.51. The summed E-state index contributed by atoms with van der Waals surface area (Å²) >= 11 is 0. The van der Waals surface area contributed by atoms with Crippen LogP contribution in [0.4, 0.5) is 14.6 Å². The van der Waals surface area contributed by atoms with Crippen molar-refractivity contribution in [3.8, 4) is 22.7 Å². The van der Waals surface area contributed by atoms with Crippen molar-refractivity contribution in [1.82, 2.24) is 30.5 Å². The summed E-state index contributed by atoms with van der Waals surface area (Å²) in [6, 6.07) is 7.81. The molecule has 32 heavy (non-hydrogen) atoms. The first-order valence-electron chi connectivity index (χ1n) is 10.8. The molecular weight excluding hydrogens is 416 g/mol. The minimum Gasteiger partial charge on any atom is -0.507 e. The molecule has 0 spiro atoms. The highest BCUT2D eigenvalue weighted by Crippen LogP contribution is 2.40. The van der Waals surface area contributed by atoms with Gasteiger partial charge in [0.15, 0.2) is 5.82 Å². The predicted molar refractivity (Wildman–Crippen MR) is 115 cm³/mol. The summed E-state index contributed by atoms with van der Waals surface area (Å²) in [4.78, 5) is 1.93. The molecule has 8 nitrogen and oxygen atoms in total. The van der Waals surface area contributed by atoms with E-state index in [0.29, 0.717) is 35.6 Å². The molecule has 168 valence electrons. The van der Waals surface area contributed by atoms with Crippen LogP contribution in [0.3, 0.4) is 0 Å². The van der Waals surface area contributed by atoms with Gasteiger partial charge in [0.1, 0.15) is 5.75 Å². The Balaban J connectivity index is 1.32. The molecule has 2 aromatic heterocycles. The number of aromatic hydroxyl groups is 1. The number of aromatic nitrogens is 5. The van der Waals surface area contributed by atoms with Crippen LogP contribution in [0.2, 0.25) is 0 Å². The van der Waals surface area contributed by atoms with Gasteiger partial charge in [0.05, 0.1) is 29.3 Å². The number of hydrogen-bond acceptors (Lipinski definition) is 7. The summed E-state index contributed by atoms with van der Waals surface area (Å²) in [6.45, 7) is 2.00. The number of alkyl halides is 2. The molecule has 2 aliphatic heterocycles. The number of nitrogens with one attached hydrogen (secondary N) is 1. The Morgan fingerprint density at radius 1 is 1.19 bits per heavy atom. The number of rotatable bonds is 5. The lowest BCUT2D eigenvalue weighted by molar-refractivity contribution is -0.0128. The lowest BCUT2D eigenvalue weighted by Crippen LogP contribution is -2.49. The van der Waals surface area contributed by atoms with E-state index in [4.69, 9.17) is 0 Å². The minimum atomic E-state index is -2.65. The maximum Gasteiger partial charge on any atom is 0.264 e. The molecule has 2 bridgehead atoms. The van der Waals surface area contributed by atoms with Gasteiger partial charge in [-0.15, -0.1) is 15.3 Å². The zero-order valence-electron chi connectivity index (χ0n) is 17.9. The summed E-state index contributed by atoms with van der Waals surface area (Å²) in [7, 11) is 1.87. The predicted octanol–water partition coefficient (Wildman–Crippen LogP) is 2.96. The van der Waals surface area contributed by atoms with Crippen LogP contribution in [0.5, 0.6) is 5.75 Å². The average molecular weight is 441 g/mol. The number of nitrogens with zero attached hydrogens (tertiary/aromatic N) is 6. The van der Waals surface area contributed by atoms with Gasteiger partial charge in [-0.05, 0) is 43.5 Å². The van der Waals surface area contributed by atoms with Crippen LogP contribution >= 0.6 is 0 Å². The van der Waals surface area contributed by atoms with Crippen molar-refractivity contribution in [2.24, 2.45) is 0 Å². The number of phenolic OH excluding ortho intramolecular Hbond substituents is 1. The fourth-order valence-corrected chi connectivity index (χ4v) is 4.65. The molecule has 0 saturated carbocycles. The first-order valence-corrected chi connectivity index (χ1v) is 10.8. The number of aryl methyl sites for hydroxylation is 1. The van der Waals surface area contributed by atoms with Crippen molar-refractivity contribution in [3.05, 3.63) is 42.2 Å². The van der Waals surface area contributed by atoms with Gasteiger partial charge in [0.2, 0.25) is 0 Å². The van der Waals surface area contributed by atoms with Crippen molar-refractivity contribution in [2.75, 3.05) is 11.9 Å². The molecule has 10 heteroatoms. The summed E-state index contributed by atoms with van der Waals surface area (Å²) < 4.78 is 29.7. The molecule has 4 heterocycles. The summed E-state index contributed by atoms with van der Waals surface area (Å²) in [5.41, 5.74) is 2.63. The number of fused-ring (bicyclic) bond motifs is 2. The Bertz CT molecular complexity index is 1120. The Morgan fingerprint density at radius 2 is 2.03 bits per heavy atom. The SMILES string of the molecule is CCc1cn(-c2ccc(-c3ccc(N(C)[C@H]4C[C@H]5CC(F)(F)[C@@H](C4)N5)nn3)c(O)c2)nn1. The quantitative estimate of drug-likeness (QED) is 0.629. The van der Waals surface area contributed by atoms with E-state index in [1.807, 2.05) is 37.2 Å². The second-order valence-electron chi connectivity index (χ2n) is 8.60. The molecule has 0 unspecified atom stereocenters.